The fourth-order valence-corrected chi connectivity index (χ4v) is 3.64. The van der Waals surface area contributed by atoms with Crippen molar-refractivity contribution in [2.45, 2.75) is 24.3 Å². The topological polar surface area (TPSA) is 66.6 Å². The highest BCUT2D eigenvalue weighted by Crippen LogP contribution is 2.30. The Labute approximate surface area is 111 Å². The molecule has 0 radical (unpaired) electrons. The van der Waals surface area contributed by atoms with Crippen molar-refractivity contribution in [2.75, 3.05) is 23.7 Å². The van der Waals surface area contributed by atoms with Gasteiger partial charge in [-0.3, -0.25) is 0 Å². The zero-order chi connectivity index (χ0) is 13.3. The van der Waals surface area contributed by atoms with E-state index >= 15 is 0 Å². The highest BCUT2D eigenvalue weighted by molar-refractivity contribution is 8.00. The average Bonchev–Trinajstić information content (AvgIpc) is 2.27. The molecule has 1 aliphatic heterocycles. The number of hydrogen-bond donors (Lipinski definition) is 2. The molecule has 1 aromatic carbocycles. The summed E-state index contributed by atoms with van der Waals surface area (Å²) in [6.07, 6.45) is 0. The molecule has 0 saturated carbocycles. The van der Waals surface area contributed by atoms with Crippen LogP contribution in [0, 0.1) is 0 Å². The van der Waals surface area contributed by atoms with Crippen molar-refractivity contribution >= 4 is 29.1 Å². The van der Waals surface area contributed by atoms with Gasteiger partial charge in [0.25, 0.3) is 0 Å². The third-order valence-electron chi connectivity index (χ3n) is 3.05. The zero-order valence-corrected chi connectivity index (χ0v) is 11.4. The van der Waals surface area contributed by atoms with Crippen molar-refractivity contribution in [3.63, 3.8) is 0 Å². The summed E-state index contributed by atoms with van der Waals surface area (Å²) in [6, 6.07) is 5.25. The molecule has 0 bridgehead atoms. The van der Waals surface area contributed by atoms with Crippen LogP contribution in [-0.4, -0.2) is 34.7 Å². The van der Waals surface area contributed by atoms with E-state index in [1.807, 2.05) is 17.8 Å². The number of carboxylic acids is 1. The Kier molecular flexibility index (Phi) is 3.71. The Morgan fingerprint density at radius 2 is 2.00 bits per heavy atom. The number of anilines is 2. The quantitative estimate of drug-likeness (QED) is 0.804. The van der Waals surface area contributed by atoms with Crippen molar-refractivity contribution in [1.82, 2.24) is 0 Å². The lowest BCUT2D eigenvalue weighted by Crippen LogP contribution is -2.40. The van der Waals surface area contributed by atoms with E-state index in [0.29, 0.717) is 16.2 Å². The molecule has 4 nitrogen and oxygen atoms in total. The number of rotatable bonds is 2. The molecule has 2 unspecified atom stereocenters. The van der Waals surface area contributed by atoms with E-state index in [0.717, 1.165) is 18.8 Å². The standard InChI is InChI=1S/C13H18N2O2S/c1-8-6-15(7-9(2)18-8)10-3-4-12(14)11(5-10)13(16)17/h3-5,8-9H,6-7,14H2,1-2H3,(H,16,17). The van der Waals surface area contributed by atoms with Gasteiger partial charge in [-0.1, -0.05) is 13.8 Å². The maximum atomic E-state index is 11.1. The summed E-state index contributed by atoms with van der Waals surface area (Å²) in [4.78, 5) is 13.3. The molecule has 1 heterocycles. The second-order valence-corrected chi connectivity index (χ2v) is 6.62. The molecule has 0 aromatic heterocycles. The lowest BCUT2D eigenvalue weighted by Gasteiger charge is -2.36. The van der Waals surface area contributed by atoms with E-state index in [2.05, 4.69) is 18.7 Å². The number of nitrogen functional groups attached to an aromatic ring is 1. The van der Waals surface area contributed by atoms with Gasteiger partial charge in [0.2, 0.25) is 0 Å². The van der Waals surface area contributed by atoms with Crippen LogP contribution in [0.1, 0.15) is 24.2 Å². The molecule has 0 spiro atoms. The minimum absolute atomic E-state index is 0.186. The van der Waals surface area contributed by atoms with Gasteiger partial charge < -0.3 is 15.7 Å². The second kappa shape index (κ2) is 5.10. The second-order valence-electron chi connectivity index (χ2n) is 4.74. The van der Waals surface area contributed by atoms with Crippen LogP contribution in [0.15, 0.2) is 18.2 Å². The summed E-state index contributed by atoms with van der Waals surface area (Å²) in [5, 5.41) is 10.2. The van der Waals surface area contributed by atoms with Crippen LogP contribution in [0.25, 0.3) is 0 Å². The molecular formula is C13H18N2O2S. The van der Waals surface area contributed by atoms with Crippen molar-refractivity contribution in [3.8, 4) is 0 Å². The van der Waals surface area contributed by atoms with Gasteiger partial charge in [-0.2, -0.15) is 11.8 Å². The van der Waals surface area contributed by atoms with Gasteiger partial charge >= 0.3 is 5.97 Å². The first-order valence-corrected chi connectivity index (χ1v) is 6.95. The van der Waals surface area contributed by atoms with Crippen molar-refractivity contribution in [3.05, 3.63) is 23.8 Å². The number of hydrogen-bond acceptors (Lipinski definition) is 4. The molecular weight excluding hydrogens is 248 g/mol. The highest BCUT2D eigenvalue weighted by Gasteiger charge is 2.23. The SMILES string of the molecule is CC1CN(c2ccc(N)c(C(=O)O)c2)CC(C)S1. The maximum absolute atomic E-state index is 11.1. The van der Waals surface area contributed by atoms with Crippen molar-refractivity contribution in [2.24, 2.45) is 0 Å². The minimum Gasteiger partial charge on any atom is -0.478 e. The Morgan fingerprint density at radius 3 is 2.56 bits per heavy atom. The van der Waals surface area contributed by atoms with E-state index in [1.54, 1.807) is 12.1 Å². The summed E-state index contributed by atoms with van der Waals surface area (Å²) < 4.78 is 0. The largest absolute Gasteiger partial charge is 0.478 e. The number of thioether (sulfide) groups is 1. The smallest absolute Gasteiger partial charge is 0.337 e. The molecule has 0 aliphatic carbocycles. The number of aromatic carboxylic acids is 1. The minimum atomic E-state index is -0.971. The van der Waals surface area contributed by atoms with Gasteiger partial charge in [0.15, 0.2) is 0 Å². The van der Waals surface area contributed by atoms with E-state index in [9.17, 15) is 4.79 Å². The Bertz CT molecular complexity index is 454. The third kappa shape index (κ3) is 2.72. The van der Waals surface area contributed by atoms with Crippen molar-refractivity contribution < 1.29 is 9.90 Å². The number of benzene rings is 1. The molecule has 98 valence electrons. The molecule has 1 aliphatic rings. The van der Waals surface area contributed by atoms with Gasteiger partial charge in [0, 0.05) is 35.0 Å². The average molecular weight is 266 g/mol. The van der Waals surface area contributed by atoms with Crippen LogP contribution in [0.2, 0.25) is 0 Å². The molecule has 3 N–H and O–H groups in total. The van der Waals surface area contributed by atoms with Crippen LogP contribution in [0.5, 0.6) is 0 Å². The summed E-state index contributed by atoms with van der Waals surface area (Å²) in [6.45, 7) is 6.28. The van der Waals surface area contributed by atoms with E-state index in [-0.39, 0.29) is 5.56 Å². The van der Waals surface area contributed by atoms with Gasteiger partial charge in [0.1, 0.15) is 0 Å². The first kappa shape index (κ1) is 13.1. The normalized spacial score (nSPS) is 24.0. The number of carboxylic acid groups (broad SMARTS) is 1. The number of nitrogens with two attached hydrogens (primary N) is 1. The van der Waals surface area contributed by atoms with Crippen LogP contribution in [-0.2, 0) is 0 Å². The fourth-order valence-electron chi connectivity index (χ4n) is 2.31. The fraction of sp³-hybridized carbons (Fsp3) is 0.462. The molecule has 1 saturated heterocycles. The predicted molar refractivity (Wildman–Crippen MR) is 76.5 cm³/mol. The van der Waals surface area contributed by atoms with Gasteiger partial charge in [0.05, 0.1) is 5.56 Å². The molecule has 0 amide bonds. The zero-order valence-electron chi connectivity index (χ0n) is 10.6. The monoisotopic (exact) mass is 266 g/mol. The Morgan fingerprint density at radius 1 is 1.39 bits per heavy atom. The molecule has 18 heavy (non-hydrogen) atoms. The molecule has 1 fully saturated rings. The maximum Gasteiger partial charge on any atom is 0.337 e. The van der Waals surface area contributed by atoms with E-state index in [1.165, 1.54) is 0 Å². The highest BCUT2D eigenvalue weighted by atomic mass is 32.2. The third-order valence-corrected chi connectivity index (χ3v) is 4.28. The molecule has 2 rings (SSSR count). The summed E-state index contributed by atoms with van der Waals surface area (Å²) in [7, 11) is 0. The summed E-state index contributed by atoms with van der Waals surface area (Å²) in [5.74, 6) is -0.971. The van der Waals surface area contributed by atoms with E-state index < -0.39 is 5.97 Å². The van der Waals surface area contributed by atoms with Crippen LogP contribution in [0.4, 0.5) is 11.4 Å². The van der Waals surface area contributed by atoms with Gasteiger partial charge in [-0.25, -0.2) is 4.79 Å². The van der Waals surface area contributed by atoms with Crippen LogP contribution < -0.4 is 10.6 Å². The number of nitrogens with zero attached hydrogens (tertiary/aromatic N) is 1. The van der Waals surface area contributed by atoms with Crippen LogP contribution in [0.3, 0.4) is 0 Å². The Hall–Kier alpha value is -1.36. The lowest BCUT2D eigenvalue weighted by molar-refractivity contribution is 0.0698. The molecule has 5 heteroatoms. The summed E-state index contributed by atoms with van der Waals surface area (Å²) >= 11 is 1.97. The predicted octanol–water partition coefficient (Wildman–Crippen LogP) is 2.30. The number of carbonyl (C=O) groups is 1. The molecule has 2 atom stereocenters. The first-order valence-electron chi connectivity index (χ1n) is 6.00. The van der Waals surface area contributed by atoms with Crippen LogP contribution >= 0.6 is 11.8 Å². The first-order chi connectivity index (χ1) is 8.47. The lowest BCUT2D eigenvalue weighted by atomic mass is 10.1. The van der Waals surface area contributed by atoms with Gasteiger partial charge in [-0.05, 0) is 18.2 Å². The van der Waals surface area contributed by atoms with Crippen molar-refractivity contribution in [1.29, 1.82) is 0 Å². The summed E-state index contributed by atoms with van der Waals surface area (Å²) in [5.41, 5.74) is 7.12. The van der Waals surface area contributed by atoms with E-state index in [4.69, 9.17) is 10.8 Å². The molecule has 1 aromatic rings. The Balaban J connectivity index is 2.28. The van der Waals surface area contributed by atoms with Gasteiger partial charge in [-0.15, -0.1) is 0 Å².